The smallest absolute Gasteiger partial charge is 0.168 e. The fourth-order valence-corrected chi connectivity index (χ4v) is 2.60. The maximum absolute atomic E-state index is 5.49. The van der Waals surface area contributed by atoms with Crippen LogP contribution in [0.5, 0.6) is 0 Å². The Balaban J connectivity index is 2.03. The Morgan fingerprint density at radius 2 is 2.10 bits per heavy atom. The third-order valence-corrected chi connectivity index (χ3v) is 3.58. The van der Waals surface area contributed by atoms with Crippen molar-refractivity contribution in [1.82, 2.24) is 9.38 Å². The molecule has 3 rings (SSSR count). The second-order valence-electron chi connectivity index (χ2n) is 4.31. The maximum atomic E-state index is 5.49. The van der Waals surface area contributed by atoms with Gasteiger partial charge in [0, 0.05) is 27.2 Å². The molecule has 0 radical (unpaired) electrons. The number of fused-ring (bicyclic) bond motifs is 1. The van der Waals surface area contributed by atoms with E-state index >= 15 is 0 Å². The Labute approximate surface area is 135 Å². The number of aromatic nitrogens is 2. The number of rotatable bonds is 2. The predicted octanol–water partition coefficient (Wildman–Crippen LogP) is 3.26. The van der Waals surface area contributed by atoms with E-state index in [1.807, 2.05) is 53.2 Å². The monoisotopic (exact) mass is 394 g/mol. The molecule has 0 unspecified atom stereocenters. The zero-order valence-electron chi connectivity index (χ0n) is 10.4. The minimum absolute atomic E-state index is 0.256. The Morgan fingerprint density at radius 3 is 2.90 bits per heavy atom. The van der Waals surface area contributed by atoms with Gasteiger partial charge >= 0.3 is 0 Å². The van der Waals surface area contributed by atoms with E-state index in [0.29, 0.717) is 0 Å². The summed E-state index contributed by atoms with van der Waals surface area (Å²) in [4.78, 5) is 4.61. The summed E-state index contributed by atoms with van der Waals surface area (Å²) in [7, 11) is 0. The van der Waals surface area contributed by atoms with Crippen molar-refractivity contribution in [3.63, 3.8) is 0 Å². The van der Waals surface area contributed by atoms with Crippen LogP contribution in [0.25, 0.3) is 16.9 Å². The number of pyridine rings is 1. The first kappa shape index (κ1) is 13.3. The summed E-state index contributed by atoms with van der Waals surface area (Å²) in [5.41, 5.74) is 9.21. The average Bonchev–Trinajstić information content (AvgIpc) is 2.81. The fourth-order valence-electron chi connectivity index (χ4n) is 2.00. The Bertz CT molecular complexity index is 797. The van der Waals surface area contributed by atoms with Crippen LogP contribution in [0.4, 0.5) is 5.69 Å². The molecular formula is C14H11IN4S. The molecule has 0 aliphatic heterocycles. The van der Waals surface area contributed by atoms with E-state index in [-0.39, 0.29) is 5.11 Å². The summed E-state index contributed by atoms with van der Waals surface area (Å²) in [6.45, 7) is 0. The first-order chi connectivity index (χ1) is 9.61. The lowest BCUT2D eigenvalue weighted by Gasteiger charge is -2.04. The topological polar surface area (TPSA) is 55.3 Å². The van der Waals surface area contributed by atoms with Crippen molar-refractivity contribution < 1.29 is 0 Å². The van der Waals surface area contributed by atoms with Crippen LogP contribution in [0.3, 0.4) is 0 Å². The van der Waals surface area contributed by atoms with Crippen molar-refractivity contribution in [2.75, 3.05) is 5.32 Å². The molecule has 0 atom stereocenters. The van der Waals surface area contributed by atoms with Gasteiger partial charge in [-0.25, -0.2) is 4.98 Å². The van der Waals surface area contributed by atoms with Gasteiger partial charge in [0.15, 0.2) is 5.11 Å². The van der Waals surface area contributed by atoms with E-state index in [4.69, 9.17) is 18.0 Å². The van der Waals surface area contributed by atoms with Crippen molar-refractivity contribution in [2.45, 2.75) is 0 Å². The zero-order chi connectivity index (χ0) is 14.1. The molecule has 6 heteroatoms. The Hall–Kier alpha value is -1.67. The molecule has 2 heterocycles. The van der Waals surface area contributed by atoms with Gasteiger partial charge in [-0.15, -0.1) is 0 Å². The van der Waals surface area contributed by atoms with Gasteiger partial charge in [-0.1, -0.05) is 12.1 Å². The van der Waals surface area contributed by atoms with Crippen LogP contribution < -0.4 is 11.1 Å². The van der Waals surface area contributed by atoms with Crippen molar-refractivity contribution in [3.05, 3.63) is 52.4 Å². The molecule has 0 bridgehead atoms. The SMILES string of the molecule is NC(=S)Nc1cccc(-c2cn3cc(I)ccc3n2)c1. The van der Waals surface area contributed by atoms with Gasteiger partial charge in [0.05, 0.1) is 5.69 Å². The van der Waals surface area contributed by atoms with Gasteiger partial charge in [-0.05, 0) is 59.1 Å². The van der Waals surface area contributed by atoms with Crippen LogP contribution in [0, 0.1) is 3.57 Å². The summed E-state index contributed by atoms with van der Waals surface area (Å²) in [5.74, 6) is 0. The van der Waals surface area contributed by atoms with E-state index in [1.165, 1.54) is 3.57 Å². The number of nitrogens with zero attached hydrogens (tertiary/aromatic N) is 2. The fraction of sp³-hybridized carbons (Fsp3) is 0. The highest BCUT2D eigenvalue weighted by atomic mass is 127. The number of halogens is 1. The number of hydrogen-bond donors (Lipinski definition) is 2. The van der Waals surface area contributed by atoms with Crippen LogP contribution in [-0.2, 0) is 0 Å². The molecule has 0 fully saturated rings. The molecule has 20 heavy (non-hydrogen) atoms. The second-order valence-corrected chi connectivity index (χ2v) is 5.99. The normalized spacial score (nSPS) is 10.7. The lowest BCUT2D eigenvalue weighted by Crippen LogP contribution is -2.18. The highest BCUT2D eigenvalue weighted by molar-refractivity contribution is 14.1. The molecule has 0 amide bonds. The number of thiocarbonyl (C=S) groups is 1. The third kappa shape index (κ3) is 2.75. The number of hydrogen-bond acceptors (Lipinski definition) is 2. The largest absolute Gasteiger partial charge is 0.376 e. The first-order valence-corrected chi connectivity index (χ1v) is 7.42. The maximum Gasteiger partial charge on any atom is 0.168 e. The molecule has 4 nitrogen and oxygen atoms in total. The molecular weight excluding hydrogens is 383 g/mol. The predicted molar refractivity (Wildman–Crippen MR) is 93.8 cm³/mol. The molecule has 0 saturated heterocycles. The van der Waals surface area contributed by atoms with Crippen LogP contribution >= 0.6 is 34.8 Å². The summed E-state index contributed by atoms with van der Waals surface area (Å²) in [6, 6.07) is 11.9. The first-order valence-electron chi connectivity index (χ1n) is 5.93. The number of benzene rings is 1. The molecule has 1 aromatic carbocycles. The standard InChI is InChI=1S/C14H11IN4S/c15-10-4-5-13-18-12(8-19(13)7-10)9-2-1-3-11(6-9)17-14(16)20/h1-8H,(H3,16,17,20). The molecule has 3 N–H and O–H groups in total. The lowest BCUT2D eigenvalue weighted by atomic mass is 10.1. The van der Waals surface area contributed by atoms with Gasteiger partial charge in [0.25, 0.3) is 0 Å². The summed E-state index contributed by atoms with van der Waals surface area (Å²) in [5, 5.41) is 3.19. The van der Waals surface area contributed by atoms with Gasteiger partial charge < -0.3 is 15.5 Å². The summed E-state index contributed by atoms with van der Waals surface area (Å²) < 4.78 is 3.19. The molecule has 100 valence electrons. The summed E-state index contributed by atoms with van der Waals surface area (Å²) >= 11 is 7.13. The third-order valence-electron chi connectivity index (χ3n) is 2.84. The van der Waals surface area contributed by atoms with Gasteiger partial charge in [-0.2, -0.15) is 0 Å². The van der Waals surface area contributed by atoms with Crippen molar-refractivity contribution in [2.24, 2.45) is 5.73 Å². The average molecular weight is 394 g/mol. The van der Waals surface area contributed by atoms with Crippen LogP contribution in [-0.4, -0.2) is 14.5 Å². The van der Waals surface area contributed by atoms with E-state index in [9.17, 15) is 0 Å². The van der Waals surface area contributed by atoms with E-state index in [1.54, 1.807) is 0 Å². The Morgan fingerprint density at radius 1 is 1.25 bits per heavy atom. The number of anilines is 1. The number of nitrogens with two attached hydrogens (primary N) is 1. The van der Waals surface area contributed by atoms with E-state index in [0.717, 1.165) is 22.6 Å². The van der Waals surface area contributed by atoms with Gasteiger partial charge in [0.1, 0.15) is 5.65 Å². The van der Waals surface area contributed by atoms with Crippen molar-refractivity contribution in [3.8, 4) is 11.3 Å². The van der Waals surface area contributed by atoms with Gasteiger partial charge in [0.2, 0.25) is 0 Å². The van der Waals surface area contributed by atoms with Crippen LogP contribution in [0.1, 0.15) is 0 Å². The highest BCUT2D eigenvalue weighted by Gasteiger charge is 2.05. The molecule has 0 aliphatic rings. The van der Waals surface area contributed by atoms with Crippen molar-refractivity contribution >= 4 is 51.3 Å². The molecule has 0 aliphatic carbocycles. The lowest BCUT2D eigenvalue weighted by molar-refractivity contribution is 1.17. The van der Waals surface area contributed by atoms with E-state index < -0.39 is 0 Å². The Kier molecular flexibility index (Phi) is 3.58. The van der Waals surface area contributed by atoms with Gasteiger partial charge in [-0.3, -0.25) is 0 Å². The molecule has 0 saturated carbocycles. The molecule has 0 spiro atoms. The quantitative estimate of drug-likeness (QED) is 0.518. The number of imidazole rings is 1. The number of nitrogens with one attached hydrogen (secondary N) is 1. The van der Waals surface area contributed by atoms with Crippen LogP contribution in [0.2, 0.25) is 0 Å². The zero-order valence-corrected chi connectivity index (χ0v) is 13.4. The summed E-state index contributed by atoms with van der Waals surface area (Å²) in [6.07, 6.45) is 4.06. The van der Waals surface area contributed by atoms with Crippen LogP contribution in [0.15, 0.2) is 48.8 Å². The van der Waals surface area contributed by atoms with Crippen molar-refractivity contribution in [1.29, 1.82) is 0 Å². The highest BCUT2D eigenvalue weighted by Crippen LogP contribution is 2.22. The second kappa shape index (κ2) is 5.37. The molecule has 2 aromatic heterocycles. The minimum Gasteiger partial charge on any atom is -0.376 e. The minimum atomic E-state index is 0.256. The van der Waals surface area contributed by atoms with E-state index in [2.05, 4.69) is 32.9 Å². The molecule has 3 aromatic rings.